The van der Waals surface area contributed by atoms with Gasteiger partial charge in [-0.1, -0.05) is 54.6 Å². The molecule has 124 valence electrons. The van der Waals surface area contributed by atoms with Crippen LogP contribution in [0.3, 0.4) is 0 Å². The maximum Gasteiger partial charge on any atom is 0.154 e. The van der Waals surface area contributed by atoms with Gasteiger partial charge in [0.2, 0.25) is 0 Å². The number of benzene rings is 3. The summed E-state index contributed by atoms with van der Waals surface area (Å²) in [6.45, 7) is 0. The fourth-order valence-corrected chi connectivity index (χ4v) is 2.75. The van der Waals surface area contributed by atoms with Gasteiger partial charge in [-0.05, 0) is 23.6 Å². The van der Waals surface area contributed by atoms with Crippen molar-refractivity contribution in [3.63, 3.8) is 0 Å². The fraction of sp³-hybridized carbons (Fsp3) is 0. The molecule has 0 aliphatic heterocycles. The first-order chi connectivity index (χ1) is 11.8. The molecule has 0 saturated carbocycles. The van der Waals surface area contributed by atoms with Crippen LogP contribution in [0.1, 0.15) is 5.56 Å². The van der Waals surface area contributed by atoms with Crippen molar-refractivity contribution >= 4 is 46.1 Å². The minimum atomic E-state index is 0. The lowest BCUT2D eigenvalue weighted by molar-refractivity contribution is 0.474. The number of hydrogen-bond donors (Lipinski definition) is 2. The molecule has 4 aromatic rings. The molecule has 0 bridgehead atoms. The van der Waals surface area contributed by atoms with Crippen LogP contribution in [0, 0.1) is 0 Å². The predicted molar refractivity (Wildman–Crippen MR) is 106 cm³/mol. The Labute approximate surface area is 151 Å². The number of halogens is 1. The smallest absolute Gasteiger partial charge is 0.154 e. The van der Waals surface area contributed by atoms with Gasteiger partial charge in [0.15, 0.2) is 5.82 Å². The molecule has 0 fully saturated rings. The van der Waals surface area contributed by atoms with Crippen molar-refractivity contribution in [2.75, 3.05) is 5.43 Å². The highest BCUT2D eigenvalue weighted by Crippen LogP contribution is 2.29. The lowest BCUT2D eigenvalue weighted by atomic mass is 10.1. The predicted octanol–water partition coefficient (Wildman–Crippen LogP) is 4.96. The number of aromatic hydroxyl groups is 1. The van der Waals surface area contributed by atoms with Crippen LogP contribution in [0.2, 0.25) is 0 Å². The van der Waals surface area contributed by atoms with Gasteiger partial charge in [0.05, 0.1) is 11.7 Å². The van der Waals surface area contributed by atoms with E-state index in [2.05, 4.69) is 27.6 Å². The molecule has 0 aliphatic carbocycles. The van der Waals surface area contributed by atoms with Crippen LogP contribution in [0.4, 0.5) is 5.82 Å². The van der Waals surface area contributed by atoms with Crippen LogP contribution in [-0.2, 0) is 0 Å². The number of rotatable bonds is 3. The Hall–Kier alpha value is -3.11. The Morgan fingerprint density at radius 3 is 2.24 bits per heavy atom. The van der Waals surface area contributed by atoms with Crippen LogP contribution < -0.4 is 5.43 Å². The van der Waals surface area contributed by atoms with Crippen molar-refractivity contribution in [1.82, 2.24) is 4.98 Å². The standard InChI is InChI=1S/C20H15N3O.ClH/c24-19-12-6-1-7-14(19)13-21-23-20-17-10-3-2-8-15(17)16-9-4-5-11-18(16)22-20;/h1-13,24H,(H,22,23);1H/b21-13+;. The number of aromatic nitrogens is 1. The molecule has 1 heterocycles. The Kier molecular flexibility index (Phi) is 4.82. The molecule has 4 nitrogen and oxygen atoms in total. The molecule has 3 aromatic carbocycles. The van der Waals surface area contributed by atoms with Crippen LogP contribution in [-0.4, -0.2) is 16.3 Å². The van der Waals surface area contributed by atoms with Gasteiger partial charge in [-0.3, -0.25) is 5.43 Å². The molecule has 0 spiro atoms. The van der Waals surface area contributed by atoms with Gasteiger partial charge < -0.3 is 5.11 Å². The van der Waals surface area contributed by atoms with E-state index in [0.717, 1.165) is 21.7 Å². The number of phenols is 1. The monoisotopic (exact) mass is 349 g/mol. The zero-order chi connectivity index (χ0) is 16.4. The van der Waals surface area contributed by atoms with Crippen molar-refractivity contribution < 1.29 is 5.11 Å². The number of fused-ring (bicyclic) bond motifs is 3. The second-order valence-electron chi connectivity index (χ2n) is 5.45. The largest absolute Gasteiger partial charge is 0.507 e. The molecular formula is C20H16ClN3O. The van der Waals surface area contributed by atoms with Crippen molar-refractivity contribution in [1.29, 1.82) is 0 Å². The Morgan fingerprint density at radius 1 is 0.800 bits per heavy atom. The maximum absolute atomic E-state index is 9.79. The number of hydrazone groups is 1. The number of hydrogen-bond acceptors (Lipinski definition) is 4. The van der Waals surface area contributed by atoms with Crippen LogP contribution in [0.15, 0.2) is 77.9 Å². The van der Waals surface area contributed by atoms with E-state index in [9.17, 15) is 5.11 Å². The van der Waals surface area contributed by atoms with E-state index in [0.29, 0.717) is 11.4 Å². The summed E-state index contributed by atoms with van der Waals surface area (Å²) >= 11 is 0. The first-order valence-corrected chi connectivity index (χ1v) is 7.67. The molecule has 0 amide bonds. The topological polar surface area (TPSA) is 57.5 Å². The van der Waals surface area contributed by atoms with Gasteiger partial charge in [0, 0.05) is 16.3 Å². The summed E-state index contributed by atoms with van der Waals surface area (Å²) in [7, 11) is 0. The number of nitrogens with zero attached hydrogens (tertiary/aromatic N) is 2. The number of phenolic OH excluding ortho intramolecular Hbond substituents is 1. The molecule has 0 unspecified atom stereocenters. The van der Waals surface area contributed by atoms with Gasteiger partial charge in [-0.15, -0.1) is 12.4 Å². The maximum atomic E-state index is 9.79. The molecule has 5 heteroatoms. The van der Waals surface area contributed by atoms with Crippen LogP contribution in [0.5, 0.6) is 5.75 Å². The Balaban J connectivity index is 0.00000182. The summed E-state index contributed by atoms with van der Waals surface area (Å²) in [5.41, 5.74) is 4.56. The first-order valence-electron chi connectivity index (χ1n) is 7.67. The molecule has 1 aromatic heterocycles. The Bertz CT molecular complexity index is 1060. The van der Waals surface area contributed by atoms with E-state index in [1.807, 2.05) is 42.5 Å². The molecular weight excluding hydrogens is 334 g/mol. The lowest BCUT2D eigenvalue weighted by Gasteiger charge is -2.08. The van der Waals surface area contributed by atoms with Crippen LogP contribution in [0.25, 0.3) is 21.7 Å². The summed E-state index contributed by atoms with van der Waals surface area (Å²) in [6.07, 6.45) is 1.58. The molecule has 2 N–H and O–H groups in total. The zero-order valence-electron chi connectivity index (χ0n) is 13.3. The number of pyridine rings is 1. The number of para-hydroxylation sites is 2. The normalized spacial score (nSPS) is 10.9. The van der Waals surface area contributed by atoms with E-state index < -0.39 is 0 Å². The van der Waals surface area contributed by atoms with E-state index in [1.165, 1.54) is 0 Å². The van der Waals surface area contributed by atoms with E-state index in [1.54, 1.807) is 24.4 Å². The van der Waals surface area contributed by atoms with E-state index >= 15 is 0 Å². The average Bonchev–Trinajstić information content (AvgIpc) is 2.63. The second kappa shape index (κ2) is 7.20. The molecule has 0 saturated heterocycles. The van der Waals surface area contributed by atoms with E-state index in [-0.39, 0.29) is 18.2 Å². The minimum Gasteiger partial charge on any atom is -0.507 e. The molecule has 4 rings (SSSR count). The lowest BCUT2D eigenvalue weighted by Crippen LogP contribution is -1.96. The van der Waals surface area contributed by atoms with Gasteiger partial charge >= 0.3 is 0 Å². The molecule has 0 atom stereocenters. The summed E-state index contributed by atoms with van der Waals surface area (Å²) < 4.78 is 0. The summed E-state index contributed by atoms with van der Waals surface area (Å²) in [5.74, 6) is 0.885. The highest BCUT2D eigenvalue weighted by Gasteiger charge is 2.06. The minimum absolute atomic E-state index is 0. The third kappa shape index (κ3) is 3.25. The number of nitrogens with one attached hydrogen (secondary N) is 1. The highest BCUT2D eigenvalue weighted by atomic mass is 35.5. The van der Waals surface area contributed by atoms with Gasteiger partial charge in [0.25, 0.3) is 0 Å². The third-order valence-electron chi connectivity index (χ3n) is 3.92. The number of anilines is 1. The van der Waals surface area contributed by atoms with Gasteiger partial charge in [0.1, 0.15) is 5.75 Å². The highest BCUT2D eigenvalue weighted by molar-refractivity contribution is 6.10. The Morgan fingerprint density at radius 2 is 1.44 bits per heavy atom. The van der Waals surface area contributed by atoms with Crippen molar-refractivity contribution in [2.45, 2.75) is 0 Å². The zero-order valence-corrected chi connectivity index (χ0v) is 14.1. The second-order valence-corrected chi connectivity index (χ2v) is 5.45. The fourth-order valence-electron chi connectivity index (χ4n) is 2.75. The SMILES string of the molecule is Cl.Oc1ccccc1/C=N/Nc1nc2ccccc2c2ccccc12. The van der Waals surface area contributed by atoms with Crippen molar-refractivity contribution in [3.8, 4) is 5.75 Å². The summed E-state index contributed by atoms with van der Waals surface area (Å²) in [5, 5.41) is 17.3. The van der Waals surface area contributed by atoms with Crippen LogP contribution >= 0.6 is 12.4 Å². The molecule has 25 heavy (non-hydrogen) atoms. The van der Waals surface area contributed by atoms with Crippen molar-refractivity contribution in [3.05, 3.63) is 78.4 Å². The average molecular weight is 350 g/mol. The summed E-state index contributed by atoms with van der Waals surface area (Å²) in [6, 6.07) is 23.2. The molecule has 0 aliphatic rings. The van der Waals surface area contributed by atoms with Crippen molar-refractivity contribution in [2.24, 2.45) is 5.10 Å². The van der Waals surface area contributed by atoms with Gasteiger partial charge in [-0.25, -0.2) is 4.98 Å². The third-order valence-corrected chi connectivity index (χ3v) is 3.92. The molecule has 0 radical (unpaired) electrons. The van der Waals surface area contributed by atoms with Gasteiger partial charge in [-0.2, -0.15) is 5.10 Å². The van der Waals surface area contributed by atoms with E-state index in [4.69, 9.17) is 0 Å². The quantitative estimate of drug-likeness (QED) is 0.312. The summed E-state index contributed by atoms with van der Waals surface area (Å²) in [4.78, 5) is 4.67. The first kappa shape index (κ1) is 16.7.